The average Bonchev–Trinajstić information content (AvgIpc) is 2.91. The lowest BCUT2D eigenvalue weighted by Gasteiger charge is -2.22. The highest BCUT2D eigenvalue weighted by atomic mass is 35.5. The van der Waals surface area contributed by atoms with Crippen molar-refractivity contribution in [2.24, 2.45) is 13.0 Å². The Balaban J connectivity index is 1.40. The fraction of sp³-hybridized carbons (Fsp3) is 0.556. The Hall–Kier alpha value is -1.63. The van der Waals surface area contributed by atoms with Crippen LogP contribution < -0.4 is 10.6 Å². The van der Waals surface area contributed by atoms with E-state index in [9.17, 15) is 4.79 Å². The number of imidazole rings is 1. The topological polar surface area (TPSA) is 68.2 Å². The zero-order valence-electron chi connectivity index (χ0n) is 14.6. The summed E-state index contributed by atoms with van der Waals surface area (Å²) in [5.74, 6) is 1.37. The van der Waals surface area contributed by atoms with Crippen LogP contribution in [0.3, 0.4) is 0 Å². The second kappa shape index (κ2) is 8.65. The first-order chi connectivity index (χ1) is 12.1. The molecular formula is C18H25ClN4O2. The molecule has 25 heavy (non-hydrogen) atoms. The molecule has 0 spiro atoms. The second-order valence-electron chi connectivity index (χ2n) is 6.55. The molecule has 1 amide bonds. The van der Waals surface area contributed by atoms with Gasteiger partial charge in [-0.3, -0.25) is 4.79 Å². The van der Waals surface area contributed by atoms with E-state index in [0.29, 0.717) is 30.5 Å². The van der Waals surface area contributed by atoms with Gasteiger partial charge in [0.05, 0.1) is 17.6 Å². The lowest BCUT2D eigenvalue weighted by molar-refractivity contribution is -0.126. The summed E-state index contributed by atoms with van der Waals surface area (Å²) >= 11 is 6.01. The van der Waals surface area contributed by atoms with Gasteiger partial charge in [-0.1, -0.05) is 11.6 Å². The lowest BCUT2D eigenvalue weighted by Crippen LogP contribution is -2.34. The summed E-state index contributed by atoms with van der Waals surface area (Å²) in [5, 5.41) is 6.92. The minimum absolute atomic E-state index is 0.0782. The summed E-state index contributed by atoms with van der Waals surface area (Å²) in [6.45, 7) is 3.38. The van der Waals surface area contributed by atoms with E-state index < -0.39 is 0 Å². The van der Waals surface area contributed by atoms with Crippen LogP contribution in [0.25, 0.3) is 11.0 Å². The number of rotatable bonds is 7. The number of carbonyl (C=O) groups is 1. The quantitative estimate of drug-likeness (QED) is 0.787. The second-order valence-corrected chi connectivity index (χ2v) is 6.98. The molecule has 1 fully saturated rings. The van der Waals surface area contributed by atoms with Gasteiger partial charge in [0.15, 0.2) is 0 Å². The van der Waals surface area contributed by atoms with Gasteiger partial charge >= 0.3 is 0 Å². The molecule has 1 aliphatic rings. The molecule has 2 heterocycles. The molecule has 0 bridgehead atoms. The number of hydrogen-bond donors (Lipinski definition) is 2. The van der Waals surface area contributed by atoms with E-state index in [1.165, 1.54) is 12.8 Å². The number of halogens is 1. The predicted molar refractivity (Wildman–Crippen MR) is 98.9 cm³/mol. The van der Waals surface area contributed by atoms with E-state index in [4.69, 9.17) is 16.3 Å². The first kappa shape index (κ1) is 18.2. The third-order valence-electron chi connectivity index (χ3n) is 4.59. The summed E-state index contributed by atoms with van der Waals surface area (Å²) in [5.41, 5.74) is 1.91. The van der Waals surface area contributed by atoms with Gasteiger partial charge in [0.2, 0.25) is 5.91 Å². The van der Waals surface area contributed by atoms with Crippen LogP contribution in [0.2, 0.25) is 5.02 Å². The number of carbonyl (C=O) groups excluding carboxylic acids is 1. The Labute approximate surface area is 152 Å². The standard InChI is InChI=1S/C18H25ClN4O2/c1-23-16-5-4-14(19)9-15(16)22-17(23)6-8-21-18(24)12-25-11-13-3-2-7-20-10-13/h4-5,9,13,20H,2-3,6-8,10-12H2,1H3,(H,21,24). The minimum atomic E-state index is -0.0782. The van der Waals surface area contributed by atoms with E-state index in [0.717, 1.165) is 29.9 Å². The number of aryl methyl sites for hydroxylation is 1. The first-order valence-corrected chi connectivity index (χ1v) is 9.17. The van der Waals surface area contributed by atoms with E-state index in [-0.39, 0.29) is 12.5 Å². The Morgan fingerprint density at radius 3 is 3.20 bits per heavy atom. The fourth-order valence-corrected chi connectivity index (χ4v) is 3.36. The summed E-state index contributed by atoms with van der Waals surface area (Å²) in [7, 11) is 1.97. The predicted octanol–water partition coefficient (Wildman–Crippen LogP) is 1.90. The van der Waals surface area contributed by atoms with E-state index in [1.54, 1.807) is 0 Å². The van der Waals surface area contributed by atoms with Gasteiger partial charge in [0.1, 0.15) is 12.4 Å². The monoisotopic (exact) mass is 364 g/mol. The van der Waals surface area contributed by atoms with Crippen molar-refractivity contribution in [2.45, 2.75) is 19.3 Å². The largest absolute Gasteiger partial charge is 0.371 e. The maximum absolute atomic E-state index is 11.9. The van der Waals surface area contributed by atoms with Crippen LogP contribution in [0.1, 0.15) is 18.7 Å². The van der Waals surface area contributed by atoms with E-state index in [2.05, 4.69) is 15.6 Å². The van der Waals surface area contributed by atoms with Crippen molar-refractivity contribution in [2.75, 3.05) is 32.8 Å². The van der Waals surface area contributed by atoms with Crippen molar-refractivity contribution in [3.63, 3.8) is 0 Å². The van der Waals surface area contributed by atoms with Crippen molar-refractivity contribution in [1.29, 1.82) is 0 Å². The van der Waals surface area contributed by atoms with Crippen LogP contribution in [0.4, 0.5) is 0 Å². The molecule has 6 nitrogen and oxygen atoms in total. The summed E-state index contributed by atoms with van der Waals surface area (Å²) < 4.78 is 7.57. The van der Waals surface area contributed by atoms with Gasteiger partial charge in [0.25, 0.3) is 0 Å². The zero-order chi connectivity index (χ0) is 17.6. The molecule has 3 rings (SSSR count). The normalized spacial score (nSPS) is 17.8. The number of nitrogens with zero attached hydrogens (tertiary/aromatic N) is 2. The van der Waals surface area contributed by atoms with Crippen LogP contribution in [0.5, 0.6) is 0 Å². The Morgan fingerprint density at radius 1 is 1.52 bits per heavy atom. The summed E-state index contributed by atoms with van der Waals surface area (Å²) in [6.07, 6.45) is 3.02. The van der Waals surface area contributed by atoms with Crippen molar-refractivity contribution in [3.05, 3.63) is 29.0 Å². The Kier molecular flexibility index (Phi) is 6.29. The van der Waals surface area contributed by atoms with Crippen LogP contribution in [-0.2, 0) is 23.0 Å². The van der Waals surface area contributed by atoms with Crippen LogP contribution in [0, 0.1) is 5.92 Å². The molecule has 1 aliphatic heterocycles. The summed E-state index contributed by atoms with van der Waals surface area (Å²) in [6, 6.07) is 5.67. The molecule has 2 N–H and O–H groups in total. The SMILES string of the molecule is Cn1c(CCNC(=O)COCC2CCCNC2)nc2cc(Cl)ccc21. The molecule has 0 aliphatic carbocycles. The molecule has 136 valence electrons. The molecule has 1 unspecified atom stereocenters. The maximum Gasteiger partial charge on any atom is 0.246 e. The van der Waals surface area contributed by atoms with E-state index in [1.807, 2.05) is 29.8 Å². The zero-order valence-corrected chi connectivity index (χ0v) is 15.3. The molecule has 0 radical (unpaired) electrons. The molecule has 0 saturated carbocycles. The fourth-order valence-electron chi connectivity index (χ4n) is 3.20. The number of benzene rings is 1. The van der Waals surface area contributed by atoms with Gasteiger partial charge in [-0.15, -0.1) is 0 Å². The van der Waals surface area contributed by atoms with Crippen LogP contribution in [-0.4, -0.2) is 48.3 Å². The third-order valence-corrected chi connectivity index (χ3v) is 4.83. The Morgan fingerprint density at radius 2 is 2.40 bits per heavy atom. The average molecular weight is 365 g/mol. The number of aromatic nitrogens is 2. The smallest absolute Gasteiger partial charge is 0.246 e. The number of amides is 1. The molecule has 1 atom stereocenters. The molecular weight excluding hydrogens is 340 g/mol. The lowest BCUT2D eigenvalue weighted by atomic mass is 10.0. The highest BCUT2D eigenvalue weighted by Gasteiger charge is 2.14. The van der Waals surface area contributed by atoms with Gasteiger partial charge in [0, 0.05) is 31.6 Å². The van der Waals surface area contributed by atoms with Crippen LogP contribution in [0.15, 0.2) is 18.2 Å². The Bertz CT molecular complexity index is 725. The number of hydrogen-bond acceptors (Lipinski definition) is 4. The van der Waals surface area contributed by atoms with Gasteiger partial charge in [-0.05, 0) is 43.5 Å². The number of fused-ring (bicyclic) bond motifs is 1. The molecule has 7 heteroatoms. The van der Waals surface area contributed by atoms with Crippen molar-refractivity contribution in [1.82, 2.24) is 20.2 Å². The number of nitrogens with one attached hydrogen (secondary N) is 2. The first-order valence-electron chi connectivity index (χ1n) is 8.79. The van der Waals surface area contributed by atoms with Gasteiger partial charge in [-0.25, -0.2) is 4.98 Å². The molecule has 1 aromatic carbocycles. The van der Waals surface area contributed by atoms with Crippen LogP contribution >= 0.6 is 11.6 Å². The molecule has 1 aromatic heterocycles. The van der Waals surface area contributed by atoms with E-state index >= 15 is 0 Å². The summed E-state index contributed by atoms with van der Waals surface area (Å²) in [4.78, 5) is 16.5. The van der Waals surface area contributed by atoms with Gasteiger partial charge < -0.3 is 19.9 Å². The third kappa shape index (κ3) is 4.93. The van der Waals surface area contributed by atoms with Crippen molar-refractivity contribution < 1.29 is 9.53 Å². The number of ether oxygens (including phenoxy) is 1. The minimum Gasteiger partial charge on any atom is -0.371 e. The van der Waals surface area contributed by atoms with Crippen molar-refractivity contribution in [3.8, 4) is 0 Å². The highest BCUT2D eigenvalue weighted by Crippen LogP contribution is 2.19. The highest BCUT2D eigenvalue weighted by molar-refractivity contribution is 6.31. The number of piperidine rings is 1. The molecule has 2 aromatic rings. The van der Waals surface area contributed by atoms with Gasteiger partial charge in [-0.2, -0.15) is 0 Å². The maximum atomic E-state index is 11.9. The van der Waals surface area contributed by atoms with Crippen molar-refractivity contribution >= 4 is 28.5 Å². The molecule has 1 saturated heterocycles.